The predicted molar refractivity (Wildman–Crippen MR) is 75.4 cm³/mol. The van der Waals surface area contributed by atoms with Crippen LogP contribution in [-0.4, -0.2) is 17.5 Å². The summed E-state index contributed by atoms with van der Waals surface area (Å²) in [6, 6.07) is 12.6. The minimum absolute atomic E-state index is 0.0641. The number of nitrogens with zero attached hydrogens (tertiary/aromatic N) is 1. The monoisotopic (exact) mass is 287 g/mol. The zero-order valence-electron chi connectivity index (χ0n) is 11.3. The topological polar surface area (TPSA) is 78.7 Å². The molecule has 0 amide bonds. The average Bonchev–Trinajstić information content (AvgIpc) is 2.46. The quantitative estimate of drug-likeness (QED) is 0.365. The second-order valence-corrected chi connectivity index (χ2v) is 4.33. The zero-order valence-corrected chi connectivity index (χ0v) is 11.3. The first-order valence-electron chi connectivity index (χ1n) is 6.19. The number of carbonyl (C=O) groups is 1. The first kappa shape index (κ1) is 14.5. The Labute approximate surface area is 121 Å². The number of rotatable bonds is 5. The third kappa shape index (κ3) is 4.31. The van der Waals surface area contributed by atoms with Gasteiger partial charge in [-0.2, -0.15) is 0 Å². The van der Waals surface area contributed by atoms with E-state index < -0.39 is 10.9 Å². The first-order chi connectivity index (χ1) is 10.0. The van der Waals surface area contributed by atoms with Crippen molar-refractivity contribution < 1.29 is 19.2 Å². The minimum atomic E-state index is -0.578. The van der Waals surface area contributed by atoms with E-state index in [9.17, 15) is 14.9 Å². The second-order valence-electron chi connectivity index (χ2n) is 4.33. The van der Waals surface area contributed by atoms with E-state index in [1.165, 1.54) is 24.3 Å². The highest BCUT2D eigenvalue weighted by Crippen LogP contribution is 2.17. The van der Waals surface area contributed by atoms with E-state index in [2.05, 4.69) is 0 Å². The molecule has 0 atom stereocenters. The van der Waals surface area contributed by atoms with E-state index >= 15 is 0 Å². The van der Waals surface area contributed by atoms with Crippen molar-refractivity contribution >= 4 is 11.7 Å². The third-order valence-corrected chi connectivity index (χ3v) is 2.63. The summed E-state index contributed by atoms with van der Waals surface area (Å²) in [5.74, 6) is 0.236. The summed E-state index contributed by atoms with van der Waals surface area (Å²) >= 11 is 0. The Morgan fingerprint density at radius 1 is 1.14 bits per heavy atom. The lowest BCUT2D eigenvalue weighted by molar-refractivity contribution is -0.384. The number of hydrogen-bond donors (Lipinski definition) is 0. The van der Waals surface area contributed by atoms with Gasteiger partial charge in [-0.25, -0.2) is 4.79 Å². The predicted octanol–water partition coefficient (Wildman–Crippen LogP) is 2.89. The fraction of sp³-hybridized carbons (Fsp3) is 0.133. The van der Waals surface area contributed by atoms with Crippen LogP contribution in [0.4, 0.5) is 5.69 Å². The summed E-state index contributed by atoms with van der Waals surface area (Å²) in [7, 11) is 0. The number of hydrogen-bond acceptors (Lipinski definition) is 5. The van der Waals surface area contributed by atoms with Crippen molar-refractivity contribution in [1.29, 1.82) is 0 Å². The highest BCUT2D eigenvalue weighted by atomic mass is 16.6. The van der Waals surface area contributed by atoms with Crippen molar-refractivity contribution in [2.75, 3.05) is 6.61 Å². The molecular weight excluding hydrogens is 274 g/mol. The summed E-state index contributed by atoms with van der Waals surface area (Å²) in [4.78, 5) is 21.6. The third-order valence-electron chi connectivity index (χ3n) is 2.63. The van der Waals surface area contributed by atoms with Crippen LogP contribution in [0, 0.1) is 17.0 Å². The number of non-ortho nitro benzene ring substituents is 1. The molecule has 0 aliphatic heterocycles. The molecule has 0 fully saturated rings. The summed E-state index contributed by atoms with van der Waals surface area (Å²) in [5.41, 5.74) is 0.960. The molecular formula is C15H13NO5. The normalized spacial score (nSPS) is 9.95. The Balaban J connectivity index is 1.88. The number of benzene rings is 2. The zero-order chi connectivity index (χ0) is 15.2. The Hall–Kier alpha value is -2.89. The fourth-order valence-electron chi connectivity index (χ4n) is 1.64. The maximum absolute atomic E-state index is 11.6. The lowest BCUT2D eigenvalue weighted by atomic mass is 10.2. The molecule has 6 nitrogen and oxygen atoms in total. The van der Waals surface area contributed by atoms with Crippen LogP contribution in [0.5, 0.6) is 11.5 Å². The van der Waals surface area contributed by atoms with Crippen LogP contribution in [0.25, 0.3) is 0 Å². The van der Waals surface area contributed by atoms with Gasteiger partial charge < -0.3 is 9.47 Å². The molecule has 0 radical (unpaired) electrons. The SMILES string of the molecule is Cc1cccc(OCC(=O)Oc2ccc([N+](=O)[O-])cc2)c1. The van der Waals surface area contributed by atoms with E-state index in [-0.39, 0.29) is 18.0 Å². The molecule has 0 aliphatic carbocycles. The molecule has 2 aromatic rings. The number of ether oxygens (including phenoxy) is 2. The van der Waals surface area contributed by atoms with Gasteiger partial charge >= 0.3 is 5.97 Å². The Morgan fingerprint density at radius 3 is 2.48 bits per heavy atom. The molecule has 0 heterocycles. The summed E-state index contributed by atoms with van der Waals surface area (Å²) < 4.78 is 10.3. The molecule has 0 saturated heterocycles. The maximum atomic E-state index is 11.6. The number of aryl methyl sites for hydroxylation is 1. The van der Waals surface area contributed by atoms with E-state index in [0.717, 1.165) is 5.56 Å². The van der Waals surface area contributed by atoms with Crippen molar-refractivity contribution in [3.05, 3.63) is 64.2 Å². The lowest BCUT2D eigenvalue weighted by Crippen LogP contribution is -2.17. The largest absolute Gasteiger partial charge is 0.482 e. The molecule has 0 aliphatic rings. The van der Waals surface area contributed by atoms with Gasteiger partial charge in [0.15, 0.2) is 6.61 Å². The van der Waals surface area contributed by atoms with Crippen LogP contribution in [0.2, 0.25) is 0 Å². The van der Waals surface area contributed by atoms with E-state index in [1.54, 1.807) is 12.1 Å². The molecule has 6 heteroatoms. The highest BCUT2D eigenvalue weighted by molar-refractivity contribution is 5.74. The van der Waals surface area contributed by atoms with Gasteiger partial charge in [0.1, 0.15) is 11.5 Å². The molecule has 0 saturated carbocycles. The van der Waals surface area contributed by atoms with Gasteiger partial charge in [-0.05, 0) is 36.8 Å². The molecule has 2 rings (SSSR count). The van der Waals surface area contributed by atoms with Gasteiger partial charge in [0.05, 0.1) is 4.92 Å². The molecule has 0 bridgehead atoms. The average molecular weight is 287 g/mol. The van der Waals surface area contributed by atoms with Crippen LogP contribution in [0.15, 0.2) is 48.5 Å². The van der Waals surface area contributed by atoms with E-state index in [0.29, 0.717) is 5.75 Å². The molecule has 2 aromatic carbocycles. The molecule has 0 aromatic heterocycles. The number of carbonyl (C=O) groups excluding carboxylic acids is 1. The van der Waals surface area contributed by atoms with Crippen molar-refractivity contribution in [2.24, 2.45) is 0 Å². The molecule has 0 N–H and O–H groups in total. The van der Waals surface area contributed by atoms with Gasteiger partial charge in [0.25, 0.3) is 5.69 Å². The van der Waals surface area contributed by atoms with Crippen molar-refractivity contribution in [2.45, 2.75) is 6.92 Å². The van der Waals surface area contributed by atoms with Gasteiger partial charge in [0, 0.05) is 12.1 Å². The maximum Gasteiger partial charge on any atom is 0.349 e. The molecule has 21 heavy (non-hydrogen) atoms. The first-order valence-corrected chi connectivity index (χ1v) is 6.19. The van der Waals surface area contributed by atoms with Gasteiger partial charge in [-0.3, -0.25) is 10.1 Å². The van der Waals surface area contributed by atoms with Crippen LogP contribution < -0.4 is 9.47 Å². The van der Waals surface area contributed by atoms with Gasteiger partial charge in [-0.15, -0.1) is 0 Å². The van der Waals surface area contributed by atoms with Gasteiger partial charge in [-0.1, -0.05) is 12.1 Å². The van der Waals surface area contributed by atoms with Crippen LogP contribution in [0.3, 0.4) is 0 Å². The molecule has 0 unspecified atom stereocenters. The fourth-order valence-corrected chi connectivity index (χ4v) is 1.64. The van der Waals surface area contributed by atoms with Crippen molar-refractivity contribution in [3.63, 3.8) is 0 Å². The van der Waals surface area contributed by atoms with Gasteiger partial charge in [0.2, 0.25) is 0 Å². The van der Waals surface area contributed by atoms with E-state index in [1.807, 2.05) is 19.1 Å². The molecule has 0 spiro atoms. The molecule has 108 valence electrons. The van der Waals surface area contributed by atoms with Crippen molar-refractivity contribution in [1.82, 2.24) is 0 Å². The second kappa shape index (κ2) is 6.51. The van der Waals surface area contributed by atoms with Crippen molar-refractivity contribution in [3.8, 4) is 11.5 Å². The Bertz CT molecular complexity index is 651. The summed E-state index contributed by atoms with van der Waals surface area (Å²) in [5, 5.41) is 10.5. The minimum Gasteiger partial charge on any atom is -0.482 e. The summed E-state index contributed by atoms with van der Waals surface area (Å²) in [6.07, 6.45) is 0. The van der Waals surface area contributed by atoms with Crippen LogP contribution in [0.1, 0.15) is 5.56 Å². The number of nitro benzene ring substituents is 1. The lowest BCUT2D eigenvalue weighted by Gasteiger charge is -2.07. The van der Waals surface area contributed by atoms with Crippen LogP contribution >= 0.6 is 0 Å². The standard InChI is InChI=1S/C15H13NO5/c1-11-3-2-4-14(9-11)20-10-15(17)21-13-7-5-12(6-8-13)16(18)19/h2-9H,10H2,1H3. The number of nitro groups is 1. The smallest absolute Gasteiger partial charge is 0.349 e. The summed E-state index contributed by atoms with van der Waals surface area (Å²) in [6.45, 7) is 1.68. The Morgan fingerprint density at radius 2 is 1.86 bits per heavy atom. The highest BCUT2D eigenvalue weighted by Gasteiger charge is 2.09. The Kier molecular flexibility index (Phi) is 4.50. The number of esters is 1. The van der Waals surface area contributed by atoms with E-state index in [4.69, 9.17) is 9.47 Å². The van der Waals surface area contributed by atoms with Crippen LogP contribution in [-0.2, 0) is 4.79 Å².